The number of hydrogen-bond donors (Lipinski definition) is 3. The predicted octanol–water partition coefficient (Wildman–Crippen LogP) is 3.09. The molecule has 1 aromatic carbocycles. The zero-order valence-electron chi connectivity index (χ0n) is 22.1. The molecule has 2 aromatic heterocycles. The Morgan fingerprint density at radius 2 is 1.96 bits per heavy atom. The highest BCUT2D eigenvalue weighted by molar-refractivity contribution is 8.01. The Morgan fingerprint density at radius 3 is 2.62 bits per heavy atom. The minimum absolute atomic E-state index is 0.202. The summed E-state index contributed by atoms with van der Waals surface area (Å²) in [6.07, 6.45) is -5.19. The molecule has 1 unspecified atom stereocenters. The van der Waals surface area contributed by atoms with Crippen LogP contribution < -0.4 is 10.6 Å². The van der Waals surface area contributed by atoms with E-state index in [0.717, 1.165) is 10.3 Å². The first kappa shape index (κ1) is 32.3. The van der Waals surface area contributed by atoms with Crippen LogP contribution in [0.4, 0.5) is 22.7 Å². The number of amides is 3. The predicted molar refractivity (Wildman–Crippen MR) is 155 cm³/mol. The van der Waals surface area contributed by atoms with Gasteiger partial charge in [-0.2, -0.15) is 13.2 Å². The van der Waals surface area contributed by atoms with E-state index >= 15 is 0 Å². The van der Waals surface area contributed by atoms with E-state index < -0.39 is 57.9 Å². The number of carbonyl (C=O) groups is 4. The summed E-state index contributed by atoms with van der Waals surface area (Å²) < 4.78 is 52.0. The van der Waals surface area contributed by atoms with E-state index in [1.54, 1.807) is 5.32 Å². The highest BCUT2D eigenvalue weighted by atomic mass is 32.2. The fraction of sp³-hybridized carbons (Fsp3) is 0.250. The summed E-state index contributed by atoms with van der Waals surface area (Å²) in [4.78, 5) is 60.1. The number of carboxylic acid groups (broad SMARTS) is 1. The van der Waals surface area contributed by atoms with E-state index in [2.05, 4.69) is 25.7 Å². The van der Waals surface area contributed by atoms with Gasteiger partial charge in [0.2, 0.25) is 0 Å². The summed E-state index contributed by atoms with van der Waals surface area (Å²) >= 11 is 4.35. The highest BCUT2D eigenvalue weighted by Crippen LogP contribution is 2.41. The second-order valence-corrected chi connectivity index (χ2v) is 13.0. The normalized spacial score (nSPS) is 18.3. The fourth-order valence-electron chi connectivity index (χ4n) is 3.94. The van der Waals surface area contributed by atoms with Gasteiger partial charge in [-0.1, -0.05) is 40.4 Å². The van der Waals surface area contributed by atoms with Crippen molar-refractivity contribution in [3.05, 3.63) is 63.5 Å². The molecule has 3 amide bonds. The van der Waals surface area contributed by atoms with Gasteiger partial charge in [0, 0.05) is 16.9 Å². The maximum absolute atomic E-state index is 13.4. The molecule has 236 valence electrons. The average molecular weight is 704 g/mol. The van der Waals surface area contributed by atoms with Crippen LogP contribution in [0.25, 0.3) is 0 Å². The molecular formula is C24H17F4N7O6S4. The quantitative estimate of drug-likeness (QED) is 0.0880. The van der Waals surface area contributed by atoms with Crippen molar-refractivity contribution in [2.24, 2.45) is 5.16 Å². The number of rotatable bonds is 11. The van der Waals surface area contributed by atoms with Crippen LogP contribution in [0.1, 0.15) is 11.3 Å². The van der Waals surface area contributed by atoms with Crippen LogP contribution in [0.5, 0.6) is 0 Å². The molecule has 2 aliphatic heterocycles. The fourth-order valence-corrected chi connectivity index (χ4v) is 7.61. The maximum Gasteiger partial charge on any atom is 0.471 e. The van der Waals surface area contributed by atoms with Gasteiger partial charge in [0.25, 0.3) is 11.8 Å². The number of carbonyl (C=O) groups excluding carboxylic acids is 3. The molecule has 2 atom stereocenters. The number of halogens is 4. The van der Waals surface area contributed by atoms with Gasteiger partial charge < -0.3 is 15.3 Å². The van der Waals surface area contributed by atoms with Crippen LogP contribution in [0, 0.1) is 5.82 Å². The number of nitrogens with one attached hydrogen (secondary N) is 2. The molecule has 13 nitrogen and oxygen atoms in total. The first-order valence-corrected chi connectivity index (χ1v) is 16.1. The molecule has 0 bridgehead atoms. The van der Waals surface area contributed by atoms with E-state index in [1.807, 2.05) is 0 Å². The molecule has 4 heterocycles. The Balaban J connectivity index is 1.33. The number of thioether (sulfide) groups is 2. The topological polar surface area (TPSA) is 176 Å². The van der Waals surface area contributed by atoms with E-state index in [-0.39, 0.29) is 29.5 Å². The van der Waals surface area contributed by atoms with Crippen molar-refractivity contribution < 1.29 is 46.7 Å². The number of fused-ring (bicyclic) bond motifs is 1. The zero-order chi connectivity index (χ0) is 32.3. The van der Waals surface area contributed by atoms with Crippen LogP contribution in [0.2, 0.25) is 0 Å². The van der Waals surface area contributed by atoms with Gasteiger partial charge in [0.05, 0.1) is 0 Å². The Morgan fingerprint density at radius 1 is 1.20 bits per heavy atom. The second-order valence-electron chi connectivity index (χ2n) is 8.94. The standard InChI is InChI=1S/C24H17F4N7O6S4/c25-12-3-1-10(2-4-12)5-41-34-14(13-8-43-22(30-13)32-21(40)24(26,27)28)17(36)31-15-18(37)35-16(20(38)39)11(6-42-19(15)35)7-44-23-33-29-9-45-23/h1-4,8-9,15,19H,5-7H2,(H,31,36)(H,38,39)(H,30,32,40)/b34-14+/t15?,19-/m1/s1. The minimum atomic E-state index is -5.19. The molecule has 1 fully saturated rings. The first-order chi connectivity index (χ1) is 21.4. The SMILES string of the molecule is O=C(O)C1=C(CSc2nncs2)CS[C@@H]2C(NC(=O)/C(=N/OCc3ccc(F)cc3)c3csc(NC(=O)C(F)(F)F)n3)C(=O)N12. The van der Waals surface area contributed by atoms with Crippen molar-refractivity contribution in [3.8, 4) is 0 Å². The number of hydrogen-bond acceptors (Lipinski definition) is 13. The molecule has 0 spiro atoms. The van der Waals surface area contributed by atoms with Crippen LogP contribution >= 0.6 is 46.2 Å². The Labute approximate surface area is 266 Å². The average Bonchev–Trinajstić information content (AvgIpc) is 3.69. The Hall–Kier alpha value is -4.08. The van der Waals surface area contributed by atoms with Gasteiger partial charge in [-0.3, -0.25) is 24.6 Å². The Bertz CT molecular complexity index is 1680. The van der Waals surface area contributed by atoms with Gasteiger partial charge in [-0.25, -0.2) is 14.2 Å². The summed E-state index contributed by atoms with van der Waals surface area (Å²) in [7, 11) is 0. The molecule has 5 rings (SSSR count). The third-order valence-electron chi connectivity index (χ3n) is 5.99. The van der Waals surface area contributed by atoms with Crippen molar-refractivity contribution in [2.75, 3.05) is 16.8 Å². The van der Waals surface area contributed by atoms with Crippen LogP contribution in [0.15, 0.2) is 55.9 Å². The van der Waals surface area contributed by atoms with Crippen LogP contribution in [0.3, 0.4) is 0 Å². The lowest BCUT2D eigenvalue weighted by molar-refractivity contribution is -0.167. The Kier molecular flexibility index (Phi) is 9.70. The molecule has 0 saturated carbocycles. The summed E-state index contributed by atoms with van der Waals surface area (Å²) in [6.45, 7) is -0.238. The van der Waals surface area contributed by atoms with Gasteiger partial charge in [0.1, 0.15) is 40.7 Å². The van der Waals surface area contributed by atoms with Crippen molar-refractivity contribution in [1.82, 2.24) is 25.4 Å². The molecule has 3 N–H and O–H groups in total. The summed E-state index contributed by atoms with van der Waals surface area (Å²) in [5.74, 6) is -5.33. The first-order valence-electron chi connectivity index (χ1n) is 12.3. The number of thiazole rings is 1. The summed E-state index contributed by atoms with van der Waals surface area (Å²) in [5.41, 5.74) is 1.45. The van der Waals surface area contributed by atoms with Gasteiger partial charge in [0.15, 0.2) is 15.2 Å². The number of anilines is 1. The molecule has 2 aliphatic rings. The number of nitrogens with zero attached hydrogens (tertiary/aromatic N) is 5. The number of oxime groups is 1. The molecule has 3 aromatic rings. The van der Waals surface area contributed by atoms with E-state index in [4.69, 9.17) is 4.84 Å². The molecule has 45 heavy (non-hydrogen) atoms. The third kappa shape index (κ3) is 7.43. The summed E-state index contributed by atoms with van der Waals surface area (Å²) in [6, 6.07) is 3.95. The number of aliphatic carboxylic acids is 1. The number of β-lactam (4-membered cyclic amide) rings is 1. The van der Waals surface area contributed by atoms with Crippen molar-refractivity contribution in [2.45, 2.75) is 28.5 Å². The molecule has 21 heteroatoms. The van der Waals surface area contributed by atoms with Crippen LogP contribution in [-0.4, -0.2) is 83.7 Å². The third-order valence-corrected chi connectivity index (χ3v) is 10.0. The molecule has 0 radical (unpaired) electrons. The molecule has 0 aliphatic carbocycles. The van der Waals surface area contributed by atoms with Crippen molar-refractivity contribution >= 4 is 80.7 Å². The monoisotopic (exact) mass is 703 g/mol. The van der Waals surface area contributed by atoms with Gasteiger partial charge in [-0.15, -0.1) is 33.3 Å². The number of carboxylic acids is 1. The number of benzene rings is 1. The lowest BCUT2D eigenvalue weighted by Gasteiger charge is -2.49. The lowest BCUT2D eigenvalue weighted by Crippen LogP contribution is -2.71. The second kappa shape index (κ2) is 13.5. The van der Waals surface area contributed by atoms with Crippen molar-refractivity contribution in [3.63, 3.8) is 0 Å². The largest absolute Gasteiger partial charge is 0.477 e. The lowest BCUT2D eigenvalue weighted by atomic mass is 10.0. The maximum atomic E-state index is 13.4. The van der Waals surface area contributed by atoms with E-state index in [9.17, 15) is 41.8 Å². The summed E-state index contributed by atoms with van der Waals surface area (Å²) in [5, 5.41) is 25.2. The number of aromatic nitrogens is 3. The van der Waals surface area contributed by atoms with Gasteiger partial charge in [-0.05, 0) is 23.3 Å². The van der Waals surface area contributed by atoms with Crippen molar-refractivity contribution in [1.29, 1.82) is 0 Å². The number of alkyl halides is 3. The highest BCUT2D eigenvalue weighted by Gasteiger charge is 2.54. The van der Waals surface area contributed by atoms with Gasteiger partial charge >= 0.3 is 18.1 Å². The van der Waals surface area contributed by atoms with E-state index in [0.29, 0.717) is 26.8 Å². The molecule has 1 saturated heterocycles. The zero-order valence-corrected chi connectivity index (χ0v) is 25.4. The van der Waals surface area contributed by atoms with Crippen LogP contribution in [-0.2, 0) is 30.6 Å². The van der Waals surface area contributed by atoms with E-state index in [1.165, 1.54) is 64.6 Å². The molecular weight excluding hydrogens is 687 g/mol. The smallest absolute Gasteiger partial charge is 0.471 e. The minimum Gasteiger partial charge on any atom is -0.477 e.